The number of nitrogens with zero attached hydrogens (tertiary/aromatic N) is 4. The fraction of sp³-hybridized carbons (Fsp3) is 0.500. The lowest BCUT2D eigenvalue weighted by Gasteiger charge is -2.36. The van der Waals surface area contributed by atoms with Crippen LogP contribution in [0.15, 0.2) is 46.1 Å². The molecule has 0 amide bonds. The van der Waals surface area contributed by atoms with Crippen LogP contribution in [-0.4, -0.2) is 66.8 Å². The van der Waals surface area contributed by atoms with E-state index in [4.69, 9.17) is 14.3 Å². The third-order valence-corrected chi connectivity index (χ3v) is 4.53. The van der Waals surface area contributed by atoms with Crippen molar-refractivity contribution in [1.82, 2.24) is 20.3 Å². The van der Waals surface area contributed by atoms with Crippen molar-refractivity contribution in [3.8, 4) is 5.75 Å². The van der Waals surface area contributed by atoms with Crippen molar-refractivity contribution in [3.63, 3.8) is 0 Å². The van der Waals surface area contributed by atoms with Gasteiger partial charge in [-0.25, -0.2) is 4.99 Å². The highest BCUT2D eigenvalue weighted by molar-refractivity contribution is 14.0. The second-order valence-corrected chi connectivity index (χ2v) is 6.65. The number of guanidine groups is 1. The number of hydrogen-bond acceptors (Lipinski definition) is 5. The highest BCUT2D eigenvalue weighted by Gasteiger charge is 2.20. The number of nitrogens with one attached hydrogen (secondary N) is 1. The molecule has 7 nitrogen and oxygen atoms in total. The summed E-state index contributed by atoms with van der Waals surface area (Å²) < 4.78 is 10.7. The Morgan fingerprint density at radius 2 is 1.93 bits per heavy atom. The van der Waals surface area contributed by atoms with E-state index in [1.165, 1.54) is 5.56 Å². The minimum atomic E-state index is 0. The van der Waals surface area contributed by atoms with Crippen molar-refractivity contribution >= 4 is 29.9 Å². The number of aliphatic imine (C=N–C) groups is 1. The van der Waals surface area contributed by atoms with Crippen molar-refractivity contribution in [2.45, 2.75) is 20.4 Å². The number of piperazine rings is 1. The van der Waals surface area contributed by atoms with E-state index in [9.17, 15) is 0 Å². The van der Waals surface area contributed by atoms with Gasteiger partial charge in [0.05, 0.1) is 12.2 Å². The van der Waals surface area contributed by atoms with Crippen LogP contribution in [0, 0.1) is 6.92 Å². The molecule has 3 rings (SSSR count). The normalized spacial score (nSPS) is 15.2. The zero-order valence-corrected chi connectivity index (χ0v) is 19.0. The summed E-state index contributed by atoms with van der Waals surface area (Å²) in [5, 5.41) is 7.39. The molecule has 0 unspecified atom stereocenters. The largest absolute Gasteiger partial charge is 0.492 e. The van der Waals surface area contributed by atoms with E-state index in [-0.39, 0.29) is 24.0 Å². The SMILES string of the molecule is CCNC(=NCCOc1ccc(C)cc1)N1CCN(Cc2ccon2)CC1.I. The van der Waals surface area contributed by atoms with Crippen molar-refractivity contribution in [2.75, 3.05) is 45.9 Å². The first-order valence-corrected chi connectivity index (χ1v) is 9.59. The zero-order chi connectivity index (χ0) is 18.9. The second kappa shape index (κ2) is 11.9. The summed E-state index contributed by atoms with van der Waals surface area (Å²) in [4.78, 5) is 9.43. The predicted molar refractivity (Wildman–Crippen MR) is 121 cm³/mol. The van der Waals surface area contributed by atoms with Crippen LogP contribution in [0.25, 0.3) is 0 Å². The maximum absolute atomic E-state index is 5.78. The fourth-order valence-corrected chi connectivity index (χ4v) is 3.04. The molecule has 0 aliphatic carbocycles. The molecule has 0 spiro atoms. The van der Waals surface area contributed by atoms with E-state index >= 15 is 0 Å². The molecule has 0 bridgehead atoms. The van der Waals surface area contributed by atoms with E-state index in [1.807, 2.05) is 18.2 Å². The fourth-order valence-electron chi connectivity index (χ4n) is 3.04. The molecule has 2 aromatic rings. The average Bonchev–Trinajstić information content (AvgIpc) is 3.19. The quantitative estimate of drug-likeness (QED) is 0.274. The number of hydrogen-bond donors (Lipinski definition) is 1. The Kier molecular flexibility index (Phi) is 9.56. The van der Waals surface area contributed by atoms with Gasteiger partial charge in [0.1, 0.15) is 18.6 Å². The molecule has 154 valence electrons. The van der Waals surface area contributed by atoms with Gasteiger partial charge in [-0.05, 0) is 26.0 Å². The summed E-state index contributed by atoms with van der Waals surface area (Å²) in [5.74, 6) is 1.85. The molecule has 28 heavy (non-hydrogen) atoms. The van der Waals surface area contributed by atoms with Gasteiger partial charge in [0.2, 0.25) is 0 Å². The van der Waals surface area contributed by atoms with Crippen LogP contribution in [0.4, 0.5) is 0 Å². The Morgan fingerprint density at radius 3 is 2.57 bits per heavy atom. The summed E-state index contributed by atoms with van der Waals surface area (Å²) in [6.45, 7) is 10.9. The van der Waals surface area contributed by atoms with Crippen LogP contribution in [0.1, 0.15) is 18.2 Å². The van der Waals surface area contributed by atoms with Gasteiger partial charge in [-0.15, -0.1) is 24.0 Å². The van der Waals surface area contributed by atoms with Gasteiger partial charge >= 0.3 is 0 Å². The molecule has 1 aliphatic rings. The first-order chi connectivity index (χ1) is 13.2. The van der Waals surface area contributed by atoms with Gasteiger partial charge in [0.25, 0.3) is 0 Å². The van der Waals surface area contributed by atoms with Crippen LogP contribution in [-0.2, 0) is 6.54 Å². The first-order valence-electron chi connectivity index (χ1n) is 9.59. The van der Waals surface area contributed by atoms with E-state index in [0.29, 0.717) is 13.2 Å². The topological polar surface area (TPSA) is 66.1 Å². The monoisotopic (exact) mass is 499 g/mol. The van der Waals surface area contributed by atoms with E-state index in [0.717, 1.165) is 56.7 Å². The van der Waals surface area contributed by atoms with Gasteiger partial charge in [0.15, 0.2) is 5.96 Å². The lowest BCUT2D eigenvalue weighted by Crippen LogP contribution is -2.52. The van der Waals surface area contributed by atoms with Gasteiger partial charge in [0, 0.05) is 45.3 Å². The number of ether oxygens (including phenoxy) is 1. The number of aryl methyl sites for hydroxylation is 1. The lowest BCUT2D eigenvalue weighted by atomic mass is 10.2. The molecule has 1 N–H and O–H groups in total. The smallest absolute Gasteiger partial charge is 0.194 e. The minimum Gasteiger partial charge on any atom is -0.492 e. The molecule has 1 aromatic heterocycles. The number of benzene rings is 1. The second-order valence-electron chi connectivity index (χ2n) is 6.65. The number of halogens is 1. The molecule has 1 fully saturated rings. The van der Waals surface area contributed by atoms with Crippen molar-refractivity contribution in [3.05, 3.63) is 47.9 Å². The van der Waals surface area contributed by atoms with Crippen LogP contribution < -0.4 is 10.1 Å². The zero-order valence-electron chi connectivity index (χ0n) is 16.6. The van der Waals surface area contributed by atoms with Crippen LogP contribution in [0.3, 0.4) is 0 Å². The Bertz CT molecular complexity index is 698. The summed E-state index contributed by atoms with van der Waals surface area (Å²) >= 11 is 0. The highest BCUT2D eigenvalue weighted by atomic mass is 127. The Balaban J connectivity index is 0.00000280. The Hall–Kier alpha value is -1.81. The molecule has 0 atom stereocenters. The van der Waals surface area contributed by atoms with Crippen LogP contribution in [0.5, 0.6) is 5.75 Å². The molecule has 1 saturated heterocycles. The van der Waals surface area contributed by atoms with Crippen LogP contribution in [0.2, 0.25) is 0 Å². The number of rotatable bonds is 7. The van der Waals surface area contributed by atoms with E-state index in [1.54, 1.807) is 6.26 Å². The Morgan fingerprint density at radius 1 is 1.18 bits per heavy atom. The van der Waals surface area contributed by atoms with Gasteiger partial charge in [-0.1, -0.05) is 22.9 Å². The van der Waals surface area contributed by atoms with Gasteiger partial charge in [-0.3, -0.25) is 4.90 Å². The molecule has 0 saturated carbocycles. The molecule has 1 aromatic carbocycles. The van der Waals surface area contributed by atoms with Crippen molar-refractivity contribution < 1.29 is 9.26 Å². The molecular formula is C20H30IN5O2. The van der Waals surface area contributed by atoms with Gasteiger partial charge < -0.3 is 19.5 Å². The lowest BCUT2D eigenvalue weighted by molar-refractivity contribution is 0.169. The summed E-state index contributed by atoms with van der Waals surface area (Å²) in [5.41, 5.74) is 2.22. The van der Waals surface area contributed by atoms with Crippen molar-refractivity contribution in [2.24, 2.45) is 4.99 Å². The maximum atomic E-state index is 5.78. The molecule has 0 radical (unpaired) electrons. The third-order valence-electron chi connectivity index (χ3n) is 4.53. The maximum Gasteiger partial charge on any atom is 0.194 e. The van der Waals surface area contributed by atoms with Crippen molar-refractivity contribution in [1.29, 1.82) is 0 Å². The van der Waals surface area contributed by atoms with Crippen LogP contribution >= 0.6 is 24.0 Å². The summed E-state index contributed by atoms with van der Waals surface area (Å²) in [6, 6.07) is 10.0. The van der Waals surface area contributed by atoms with Gasteiger partial charge in [-0.2, -0.15) is 0 Å². The van der Waals surface area contributed by atoms with E-state index < -0.39 is 0 Å². The molecule has 1 aliphatic heterocycles. The first kappa shape index (κ1) is 22.5. The average molecular weight is 499 g/mol. The minimum absolute atomic E-state index is 0. The highest BCUT2D eigenvalue weighted by Crippen LogP contribution is 2.11. The molecule has 2 heterocycles. The molecule has 8 heteroatoms. The number of aromatic nitrogens is 1. The summed E-state index contributed by atoms with van der Waals surface area (Å²) in [6.07, 6.45) is 1.63. The predicted octanol–water partition coefficient (Wildman–Crippen LogP) is 2.76. The van der Waals surface area contributed by atoms with E-state index in [2.05, 4.69) is 46.3 Å². The summed E-state index contributed by atoms with van der Waals surface area (Å²) in [7, 11) is 0. The standard InChI is InChI=1S/C20H29N5O2.HI/c1-3-21-20(22-9-15-26-19-6-4-17(2)5-7-19)25-12-10-24(11-13-25)16-18-8-14-27-23-18;/h4-8,14H,3,9-13,15-16H2,1-2H3,(H,21,22);1H. The molecular weight excluding hydrogens is 469 g/mol. The Labute approximate surface area is 184 Å². The third kappa shape index (κ3) is 6.97.